The standard InChI is InChI=1S/C21H20F2N2O5/c1-29-17-10-13(6-7-16(17)30-21(22)23)12-24-18(26)8-9-25-19(27)11-14-4-2-3-5-15(14)20(25)28/h2-7,10,21H,8-9,11-12H2,1H3,(H,24,26). The van der Waals surface area contributed by atoms with Crippen molar-refractivity contribution in [3.63, 3.8) is 0 Å². The third-order valence-electron chi connectivity index (χ3n) is 4.63. The molecule has 0 radical (unpaired) electrons. The van der Waals surface area contributed by atoms with Crippen molar-refractivity contribution < 1.29 is 32.6 Å². The van der Waals surface area contributed by atoms with Crippen molar-refractivity contribution in [2.24, 2.45) is 0 Å². The molecule has 30 heavy (non-hydrogen) atoms. The molecule has 0 aromatic heterocycles. The number of rotatable bonds is 8. The van der Waals surface area contributed by atoms with Gasteiger partial charge in [0, 0.05) is 25.1 Å². The van der Waals surface area contributed by atoms with Crippen LogP contribution >= 0.6 is 0 Å². The van der Waals surface area contributed by atoms with Crippen LogP contribution in [0.4, 0.5) is 8.78 Å². The summed E-state index contributed by atoms with van der Waals surface area (Å²) in [7, 11) is 1.32. The van der Waals surface area contributed by atoms with Crippen LogP contribution in [0.15, 0.2) is 42.5 Å². The summed E-state index contributed by atoms with van der Waals surface area (Å²) in [6.07, 6.45) is 0.0692. The molecule has 0 saturated carbocycles. The van der Waals surface area contributed by atoms with E-state index < -0.39 is 12.5 Å². The molecular formula is C21H20F2N2O5. The second kappa shape index (κ2) is 9.34. The summed E-state index contributed by atoms with van der Waals surface area (Å²) in [5.41, 5.74) is 1.76. The van der Waals surface area contributed by atoms with Gasteiger partial charge in [-0.05, 0) is 29.3 Å². The molecule has 158 valence electrons. The summed E-state index contributed by atoms with van der Waals surface area (Å²) in [5, 5.41) is 2.67. The van der Waals surface area contributed by atoms with Gasteiger partial charge < -0.3 is 14.8 Å². The van der Waals surface area contributed by atoms with Gasteiger partial charge in [-0.15, -0.1) is 0 Å². The largest absolute Gasteiger partial charge is 0.493 e. The molecule has 3 rings (SSSR count). The third kappa shape index (κ3) is 4.91. The molecule has 9 heteroatoms. The van der Waals surface area contributed by atoms with Crippen molar-refractivity contribution in [1.29, 1.82) is 0 Å². The van der Waals surface area contributed by atoms with Crippen molar-refractivity contribution in [1.82, 2.24) is 10.2 Å². The van der Waals surface area contributed by atoms with Crippen LogP contribution in [0.5, 0.6) is 11.5 Å². The summed E-state index contributed by atoms with van der Waals surface area (Å²) < 4.78 is 34.1. The Morgan fingerprint density at radius 3 is 2.67 bits per heavy atom. The normalized spacial score (nSPS) is 13.3. The Kier molecular flexibility index (Phi) is 6.61. The van der Waals surface area contributed by atoms with Gasteiger partial charge in [-0.3, -0.25) is 19.3 Å². The number of halogens is 2. The molecule has 0 spiro atoms. The fourth-order valence-electron chi connectivity index (χ4n) is 3.14. The number of hydrogen-bond donors (Lipinski definition) is 1. The Hall–Kier alpha value is -3.49. The fourth-order valence-corrected chi connectivity index (χ4v) is 3.14. The average Bonchev–Trinajstić information content (AvgIpc) is 2.72. The topological polar surface area (TPSA) is 84.9 Å². The Balaban J connectivity index is 1.54. The van der Waals surface area contributed by atoms with E-state index in [0.29, 0.717) is 16.7 Å². The number of amides is 3. The van der Waals surface area contributed by atoms with Gasteiger partial charge in [-0.2, -0.15) is 8.78 Å². The molecule has 0 saturated heterocycles. The Labute approximate surface area is 171 Å². The lowest BCUT2D eigenvalue weighted by molar-refractivity contribution is -0.129. The molecule has 1 aliphatic rings. The zero-order valence-corrected chi connectivity index (χ0v) is 16.2. The van der Waals surface area contributed by atoms with E-state index in [1.807, 2.05) is 0 Å². The molecule has 0 fully saturated rings. The van der Waals surface area contributed by atoms with Crippen LogP contribution in [0.25, 0.3) is 0 Å². The predicted molar refractivity (Wildman–Crippen MR) is 102 cm³/mol. The summed E-state index contributed by atoms with van der Waals surface area (Å²) in [5.74, 6) is -1.10. The molecule has 0 bridgehead atoms. The van der Waals surface area contributed by atoms with Gasteiger partial charge >= 0.3 is 6.61 Å². The van der Waals surface area contributed by atoms with Gasteiger partial charge in [-0.25, -0.2) is 0 Å². The average molecular weight is 418 g/mol. The highest BCUT2D eigenvalue weighted by atomic mass is 19.3. The van der Waals surface area contributed by atoms with E-state index >= 15 is 0 Å². The number of methoxy groups -OCH3 is 1. The minimum absolute atomic E-state index is 0.0255. The van der Waals surface area contributed by atoms with Crippen LogP contribution in [0.1, 0.15) is 27.9 Å². The minimum Gasteiger partial charge on any atom is -0.493 e. The fraction of sp³-hybridized carbons (Fsp3) is 0.286. The predicted octanol–water partition coefficient (Wildman–Crippen LogP) is 2.53. The molecule has 1 N–H and O–H groups in total. The molecule has 7 nitrogen and oxygen atoms in total. The van der Waals surface area contributed by atoms with Crippen LogP contribution in [0, 0.1) is 0 Å². The van der Waals surface area contributed by atoms with Gasteiger partial charge in [0.2, 0.25) is 11.8 Å². The molecule has 1 heterocycles. The van der Waals surface area contributed by atoms with E-state index in [-0.39, 0.29) is 49.2 Å². The number of hydrogen-bond acceptors (Lipinski definition) is 5. The van der Waals surface area contributed by atoms with E-state index in [4.69, 9.17) is 4.74 Å². The first kappa shape index (κ1) is 21.2. The molecule has 0 atom stereocenters. The first-order valence-electron chi connectivity index (χ1n) is 9.20. The van der Waals surface area contributed by atoms with E-state index in [9.17, 15) is 23.2 Å². The van der Waals surface area contributed by atoms with Gasteiger partial charge in [0.05, 0.1) is 13.5 Å². The van der Waals surface area contributed by atoms with Gasteiger partial charge in [-0.1, -0.05) is 24.3 Å². The van der Waals surface area contributed by atoms with Crippen molar-refractivity contribution in [3.05, 3.63) is 59.2 Å². The smallest absolute Gasteiger partial charge is 0.387 e. The monoisotopic (exact) mass is 418 g/mol. The molecule has 2 aromatic rings. The lowest BCUT2D eigenvalue weighted by Crippen LogP contribution is -2.44. The zero-order valence-electron chi connectivity index (χ0n) is 16.2. The van der Waals surface area contributed by atoms with Crippen LogP contribution in [0.3, 0.4) is 0 Å². The van der Waals surface area contributed by atoms with Crippen LogP contribution < -0.4 is 14.8 Å². The lowest BCUT2D eigenvalue weighted by Gasteiger charge is -2.26. The maximum absolute atomic E-state index is 12.5. The highest BCUT2D eigenvalue weighted by molar-refractivity contribution is 6.09. The molecule has 0 unspecified atom stereocenters. The van der Waals surface area contributed by atoms with Crippen LogP contribution in [-0.2, 0) is 22.6 Å². The minimum atomic E-state index is -2.98. The summed E-state index contributed by atoms with van der Waals surface area (Å²) >= 11 is 0. The maximum atomic E-state index is 12.5. The second-order valence-corrected chi connectivity index (χ2v) is 6.57. The number of carbonyl (C=O) groups excluding carboxylic acids is 3. The second-order valence-electron chi connectivity index (χ2n) is 6.57. The number of nitrogens with zero attached hydrogens (tertiary/aromatic N) is 1. The molecule has 3 amide bonds. The summed E-state index contributed by atoms with van der Waals surface area (Å²) in [6, 6.07) is 11.2. The third-order valence-corrected chi connectivity index (χ3v) is 4.63. The van der Waals surface area contributed by atoms with Gasteiger partial charge in [0.15, 0.2) is 11.5 Å². The number of carbonyl (C=O) groups is 3. The highest BCUT2D eigenvalue weighted by Gasteiger charge is 2.30. The zero-order chi connectivity index (χ0) is 21.7. The van der Waals surface area contributed by atoms with E-state index in [2.05, 4.69) is 10.1 Å². The molecular weight excluding hydrogens is 398 g/mol. The SMILES string of the molecule is COc1cc(CNC(=O)CCN2C(=O)Cc3ccccc3C2=O)ccc1OC(F)F. The highest BCUT2D eigenvalue weighted by Crippen LogP contribution is 2.29. The van der Waals surface area contributed by atoms with Crippen LogP contribution in [0.2, 0.25) is 0 Å². The Morgan fingerprint density at radius 1 is 1.17 bits per heavy atom. The number of nitrogens with one attached hydrogen (secondary N) is 1. The van der Waals surface area contributed by atoms with Gasteiger partial charge in [0.1, 0.15) is 0 Å². The lowest BCUT2D eigenvalue weighted by atomic mass is 9.98. The number of ether oxygens (including phenoxy) is 2. The van der Waals surface area contributed by atoms with E-state index in [1.165, 1.54) is 25.3 Å². The number of imide groups is 1. The molecule has 2 aromatic carbocycles. The number of fused-ring (bicyclic) bond motifs is 1. The Bertz CT molecular complexity index is 964. The van der Waals surface area contributed by atoms with E-state index in [0.717, 1.165) is 4.90 Å². The Morgan fingerprint density at radius 2 is 1.93 bits per heavy atom. The summed E-state index contributed by atoms with van der Waals surface area (Å²) in [4.78, 5) is 38.0. The van der Waals surface area contributed by atoms with Gasteiger partial charge in [0.25, 0.3) is 5.91 Å². The van der Waals surface area contributed by atoms with Crippen molar-refractivity contribution in [3.8, 4) is 11.5 Å². The van der Waals surface area contributed by atoms with Crippen molar-refractivity contribution in [2.75, 3.05) is 13.7 Å². The van der Waals surface area contributed by atoms with Crippen LogP contribution in [-0.4, -0.2) is 42.9 Å². The van der Waals surface area contributed by atoms with Crippen molar-refractivity contribution >= 4 is 17.7 Å². The first-order chi connectivity index (χ1) is 14.4. The number of alkyl halides is 2. The van der Waals surface area contributed by atoms with Crippen molar-refractivity contribution in [2.45, 2.75) is 26.0 Å². The van der Waals surface area contributed by atoms with E-state index in [1.54, 1.807) is 24.3 Å². The maximum Gasteiger partial charge on any atom is 0.387 e. The molecule has 1 aliphatic heterocycles. The first-order valence-corrected chi connectivity index (χ1v) is 9.20. The summed E-state index contributed by atoms with van der Waals surface area (Å²) in [6.45, 7) is -2.88. The number of benzene rings is 2. The molecule has 0 aliphatic carbocycles. The quantitative estimate of drug-likeness (QED) is 0.666.